The summed E-state index contributed by atoms with van der Waals surface area (Å²) in [6.45, 7) is -3.38. The predicted octanol–water partition coefficient (Wildman–Crippen LogP) is 3.80. The molecule has 1 fully saturated rings. The Kier molecular flexibility index (Phi) is 11.4. The summed E-state index contributed by atoms with van der Waals surface area (Å²) in [7, 11) is 1.46. The molecule has 2 aliphatic heterocycles. The second-order valence-corrected chi connectivity index (χ2v) is 15.3. The minimum absolute atomic E-state index is 0.0105. The zero-order chi connectivity index (χ0) is 40.3. The molecular weight excluding hydrogens is 803 g/mol. The number of hydrogen-bond acceptors (Lipinski definition) is 13. The number of β-lactam (4-membered cyclic amide) rings is 1. The molecule has 0 radical (unpaired) electrons. The van der Waals surface area contributed by atoms with Gasteiger partial charge in [0.25, 0.3) is 11.8 Å². The van der Waals surface area contributed by atoms with Crippen LogP contribution in [0.5, 0.6) is 0 Å². The lowest BCUT2D eigenvalue weighted by molar-refractivity contribution is -0.150. The normalized spacial score (nSPS) is 16.9. The molecule has 2 aliphatic rings. The maximum Gasteiger partial charge on any atom is 0.407 e. The van der Waals surface area contributed by atoms with Crippen LogP contribution in [0.1, 0.15) is 22.4 Å². The molecule has 57 heavy (non-hydrogen) atoms. The highest BCUT2D eigenvalue weighted by molar-refractivity contribution is 8.01. The fourth-order valence-electron chi connectivity index (χ4n) is 6.42. The molecule has 0 spiro atoms. The number of anilines is 1. The molecule has 0 aliphatic carbocycles. The topological polar surface area (TPSA) is 201 Å². The number of nitrogens with zero attached hydrogens (tertiary/aromatic N) is 5. The molecule has 2 unspecified atom stereocenters. The van der Waals surface area contributed by atoms with Gasteiger partial charge >= 0.3 is 23.7 Å². The van der Waals surface area contributed by atoms with Crippen LogP contribution in [-0.4, -0.2) is 82.8 Å². The molecule has 7 rings (SSSR count). The van der Waals surface area contributed by atoms with Crippen LogP contribution in [0.4, 0.5) is 13.9 Å². The Bertz CT molecular complexity index is 2400. The Morgan fingerprint density at radius 1 is 1.00 bits per heavy atom. The average Bonchev–Trinajstić information content (AvgIpc) is 3.68. The number of halogens is 2. The smallest absolute Gasteiger partial charge is 0.407 e. The SMILES string of the molecule is Cn1[nH]c(=O)c(=O)nc1SCC1=C(C(=O)O)N2C(=O)C(NC(=O)/C(=N\OC(F)F)c3csc(NC(c4ccccc4)(c4ccccc4)c4ccccc4)n3)C2SC1. The summed E-state index contributed by atoms with van der Waals surface area (Å²) in [5.41, 5.74) is -1.08. The number of thioether (sulfide) groups is 2. The van der Waals surface area contributed by atoms with Gasteiger partial charge in [0.05, 0.1) is 0 Å². The van der Waals surface area contributed by atoms with E-state index in [0.29, 0.717) is 10.7 Å². The standard InChI is InChI=1S/C37H30F2N8O7S3/c1-46-36(42-29(49)30(50)44-46)57-18-20-17-55-32-26(31(51)47(32)27(20)33(52)53)41-28(48)25(45-54-34(38)39)24-19-56-35(40-24)43-37(21-11-5-2-6-12-21,22-13-7-3-8-14-22)23-15-9-4-10-16-23/h2-16,19,26,32,34H,17-18H2,1H3,(H,40,43)(H,41,48)(H,44,50)(H,52,53)/b45-25-. The molecule has 0 bridgehead atoms. The minimum atomic E-state index is -3.38. The molecule has 20 heteroatoms. The summed E-state index contributed by atoms with van der Waals surface area (Å²) >= 11 is 3.24. The Balaban J connectivity index is 1.15. The fourth-order valence-corrected chi connectivity index (χ4v) is 9.58. The summed E-state index contributed by atoms with van der Waals surface area (Å²) < 4.78 is 27.9. The number of aryl methyl sites for hydroxylation is 1. The van der Waals surface area contributed by atoms with Crippen LogP contribution in [0, 0.1) is 0 Å². The molecule has 1 saturated heterocycles. The summed E-state index contributed by atoms with van der Waals surface area (Å²) in [6, 6.07) is 27.6. The number of carboxylic acids is 1. The number of benzene rings is 3. The third-order valence-corrected chi connectivity index (χ3v) is 12.2. The fraction of sp³-hybridized carbons (Fsp3) is 0.189. The van der Waals surface area contributed by atoms with Crippen molar-refractivity contribution in [1.82, 2.24) is 30.0 Å². The zero-order valence-electron chi connectivity index (χ0n) is 29.5. The second-order valence-electron chi connectivity index (χ2n) is 12.4. The number of oxime groups is 1. The minimum Gasteiger partial charge on any atom is -0.477 e. The highest BCUT2D eigenvalue weighted by atomic mass is 32.2. The van der Waals surface area contributed by atoms with E-state index in [1.54, 1.807) is 0 Å². The van der Waals surface area contributed by atoms with Gasteiger partial charge in [-0.3, -0.25) is 33.9 Å². The van der Waals surface area contributed by atoms with E-state index in [2.05, 4.69) is 35.7 Å². The molecule has 3 aromatic carbocycles. The lowest BCUT2D eigenvalue weighted by Crippen LogP contribution is -2.71. The molecular formula is C37H30F2N8O7S3. The van der Waals surface area contributed by atoms with Crippen molar-refractivity contribution >= 4 is 63.5 Å². The quantitative estimate of drug-likeness (QED) is 0.0316. The van der Waals surface area contributed by atoms with Crippen molar-refractivity contribution in [2.45, 2.75) is 28.7 Å². The van der Waals surface area contributed by atoms with Gasteiger partial charge in [-0.25, -0.2) is 9.78 Å². The van der Waals surface area contributed by atoms with E-state index in [9.17, 15) is 37.9 Å². The van der Waals surface area contributed by atoms with Gasteiger partial charge < -0.3 is 20.6 Å². The van der Waals surface area contributed by atoms with Gasteiger partial charge in [-0.2, -0.15) is 13.8 Å². The van der Waals surface area contributed by atoms with Crippen LogP contribution in [0.15, 0.2) is 128 Å². The van der Waals surface area contributed by atoms with Crippen LogP contribution in [0.3, 0.4) is 0 Å². The third kappa shape index (κ3) is 7.83. The number of aliphatic carboxylic acids is 1. The van der Waals surface area contributed by atoms with Crippen LogP contribution in [-0.2, 0) is 31.8 Å². The van der Waals surface area contributed by atoms with Crippen molar-refractivity contribution in [3.8, 4) is 0 Å². The van der Waals surface area contributed by atoms with E-state index in [1.807, 2.05) is 91.0 Å². The first-order valence-electron chi connectivity index (χ1n) is 16.9. The molecule has 2 aromatic heterocycles. The first-order valence-corrected chi connectivity index (χ1v) is 19.8. The number of fused-ring (bicyclic) bond motifs is 1. The van der Waals surface area contributed by atoms with Crippen LogP contribution in [0.2, 0.25) is 0 Å². The monoisotopic (exact) mass is 832 g/mol. The predicted molar refractivity (Wildman–Crippen MR) is 209 cm³/mol. The molecule has 0 saturated carbocycles. The van der Waals surface area contributed by atoms with E-state index in [1.165, 1.54) is 28.9 Å². The number of carbonyl (C=O) groups excluding carboxylic acids is 2. The summed E-state index contributed by atoms with van der Waals surface area (Å²) in [6.07, 6.45) is 0. The number of alkyl halides is 2. The van der Waals surface area contributed by atoms with Gasteiger partial charge in [0, 0.05) is 23.9 Å². The summed E-state index contributed by atoms with van der Waals surface area (Å²) in [5, 5.41) is 22.9. The van der Waals surface area contributed by atoms with Crippen molar-refractivity contribution in [3.05, 3.63) is 151 Å². The first-order chi connectivity index (χ1) is 27.5. The average molecular weight is 833 g/mol. The second kappa shape index (κ2) is 16.5. The molecule has 4 heterocycles. The number of hydrogen-bond donors (Lipinski definition) is 4. The molecule has 5 aromatic rings. The van der Waals surface area contributed by atoms with Gasteiger partial charge in [-0.1, -0.05) is 108 Å². The van der Waals surface area contributed by atoms with Gasteiger partial charge in [-0.15, -0.1) is 23.1 Å². The molecule has 2 atom stereocenters. The summed E-state index contributed by atoms with van der Waals surface area (Å²) in [5.74, 6) is -3.08. The van der Waals surface area contributed by atoms with Crippen molar-refractivity contribution in [2.75, 3.05) is 16.8 Å². The Labute approximate surface area is 333 Å². The number of carboxylic acid groups (broad SMARTS) is 1. The number of aromatic amines is 1. The molecule has 292 valence electrons. The van der Waals surface area contributed by atoms with Gasteiger partial charge in [-0.05, 0) is 22.3 Å². The Morgan fingerprint density at radius 2 is 1.60 bits per heavy atom. The number of carbonyl (C=O) groups is 3. The van der Waals surface area contributed by atoms with Crippen molar-refractivity contribution in [2.24, 2.45) is 12.2 Å². The lowest BCUT2D eigenvalue weighted by atomic mass is 9.77. The van der Waals surface area contributed by atoms with Gasteiger partial charge in [0.15, 0.2) is 16.0 Å². The van der Waals surface area contributed by atoms with Crippen molar-refractivity contribution in [1.29, 1.82) is 0 Å². The molecule has 2 amide bonds. The highest BCUT2D eigenvalue weighted by Crippen LogP contribution is 2.42. The maximum absolute atomic E-state index is 13.8. The number of nitrogens with one attached hydrogen (secondary N) is 3. The van der Waals surface area contributed by atoms with Gasteiger partial charge in [0.2, 0.25) is 0 Å². The maximum atomic E-state index is 13.8. The Hall–Kier alpha value is -6.12. The van der Waals surface area contributed by atoms with E-state index in [0.717, 1.165) is 44.7 Å². The number of H-pyrrole nitrogens is 1. The number of thiazole rings is 1. The summed E-state index contributed by atoms with van der Waals surface area (Å²) in [4.78, 5) is 76.6. The van der Waals surface area contributed by atoms with Crippen LogP contribution >= 0.6 is 34.9 Å². The largest absolute Gasteiger partial charge is 0.477 e. The van der Waals surface area contributed by atoms with Crippen molar-refractivity contribution < 1.29 is 33.1 Å². The van der Waals surface area contributed by atoms with E-state index < -0.39 is 58.2 Å². The first kappa shape index (κ1) is 39.1. The number of rotatable bonds is 14. The zero-order valence-corrected chi connectivity index (χ0v) is 31.9. The van der Waals surface area contributed by atoms with E-state index in [4.69, 9.17) is 0 Å². The third-order valence-electron chi connectivity index (χ3n) is 8.96. The highest BCUT2D eigenvalue weighted by Gasteiger charge is 2.54. The van der Waals surface area contributed by atoms with Gasteiger partial charge in [0.1, 0.15) is 28.3 Å². The van der Waals surface area contributed by atoms with E-state index >= 15 is 0 Å². The van der Waals surface area contributed by atoms with Crippen molar-refractivity contribution in [3.63, 3.8) is 0 Å². The number of amides is 2. The molecule has 15 nitrogen and oxygen atoms in total. The number of aromatic nitrogens is 4. The van der Waals surface area contributed by atoms with E-state index in [-0.39, 0.29) is 28.1 Å². The van der Waals surface area contributed by atoms with Crippen LogP contribution < -0.4 is 21.8 Å². The molecule has 4 N–H and O–H groups in total. The Morgan fingerprint density at radius 3 is 2.16 bits per heavy atom. The van der Waals surface area contributed by atoms with Crippen LogP contribution in [0.25, 0.3) is 0 Å². The lowest BCUT2D eigenvalue weighted by Gasteiger charge is -2.49.